The van der Waals surface area contributed by atoms with Crippen LogP contribution >= 0.6 is 12.4 Å². The Hall–Kier alpha value is -1.59. The number of hydrogen-bond acceptors (Lipinski definition) is 4. The number of amides is 1. The standard InChI is InChI=1S/C15H20N2O3.ClH/c1-2-20-15(19)12-7-5-11(6-8-12)10-17-14(18)13-4-3-9-16-13;/h5-8,13,16H,2-4,9-10H2,1H3,(H,17,18);1H. The van der Waals surface area contributed by atoms with Gasteiger partial charge in [-0.15, -0.1) is 12.4 Å². The van der Waals surface area contributed by atoms with E-state index in [2.05, 4.69) is 10.6 Å². The third-order valence-electron chi connectivity index (χ3n) is 3.31. The van der Waals surface area contributed by atoms with Gasteiger partial charge in [-0.05, 0) is 44.0 Å². The van der Waals surface area contributed by atoms with Gasteiger partial charge in [0.05, 0.1) is 18.2 Å². The van der Waals surface area contributed by atoms with Crippen molar-refractivity contribution in [2.75, 3.05) is 13.2 Å². The molecule has 0 spiro atoms. The van der Waals surface area contributed by atoms with Gasteiger partial charge in [0.25, 0.3) is 0 Å². The summed E-state index contributed by atoms with van der Waals surface area (Å²) in [5.41, 5.74) is 1.49. The summed E-state index contributed by atoms with van der Waals surface area (Å²) >= 11 is 0. The highest BCUT2D eigenvalue weighted by atomic mass is 35.5. The monoisotopic (exact) mass is 312 g/mol. The average molecular weight is 313 g/mol. The van der Waals surface area contributed by atoms with Gasteiger partial charge >= 0.3 is 5.97 Å². The Bertz CT molecular complexity index is 470. The normalized spacial score (nSPS) is 16.9. The Labute approximate surface area is 130 Å². The van der Waals surface area contributed by atoms with E-state index in [0.717, 1.165) is 24.9 Å². The van der Waals surface area contributed by atoms with Crippen LogP contribution in [0.5, 0.6) is 0 Å². The number of carbonyl (C=O) groups excluding carboxylic acids is 2. The second-order valence-corrected chi connectivity index (χ2v) is 4.78. The summed E-state index contributed by atoms with van der Waals surface area (Å²) in [6.07, 6.45) is 1.94. The molecule has 5 nitrogen and oxygen atoms in total. The third kappa shape index (κ3) is 5.02. The van der Waals surface area contributed by atoms with E-state index in [1.165, 1.54) is 0 Å². The predicted octanol–water partition coefficient (Wildman–Crippen LogP) is 1.65. The first-order valence-electron chi connectivity index (χ1n) is 6.98. The van der Waals surface area contributed by atoms with Crippen LogP contribution in [0.3, 0.4) is 0 Å². The number of halogens is 1. The summed E-state index contributed by atoms with van der Waals surface area (Å²) in [6, 6.07) is 7.03. The summed E-state index contributed by atoms with van der Waals surface area (Å²) in [5.74, 6) is -0.282. The molecule has 1 aromatic rings. The molecule has 1 unspecified atom stereocenters. The van der Waals surface area contributed by atoms with Crippen molar-refractivity contribution in [1.82, 2.24) is 10.6 Å². The molecule has 0 aromatic heterocycles. The highest BCUT2D eigenvalue weighted by molar-refractivity contribution is 5.89. The van der Waals surface area contributed by atoms with E-state index >= 15 is 0 Å². The third-order valence-corrected chi connectivity index (χ3v) is 3.31. The van der Waals surface area contributed by atoms with Crippen LogP contribution in [-0.2, 0) is 16.1 Å². The zero-order chi connectivity index (χ0) is 14.4. The summed E-state index contributed by atoms with van der Waals surface area (Å²) < 4.78 is 4.92. The zero-order valence-electron chi connectivity index (χ0n) is 12.1. The van der Waals surface area contributed by atoms with Crippen LogP contribution < -0.4 is 10.6 Å². The molecule has 116 valence electrons. The molecule has 2 N–H and O–H groups in total. The van der Waals surface area contributed by atoms with Crippen molar-refractivity contribution in [1.29, 1.82) is 0 Å². The van der Waals surface area contributed by atoms with Gasteiger partial charge in [-0.1, -0.05) is 12.1 Å². The highest BCUT2D eigenvalue weighted by Crippen LogP contribution is 2.08. The predicted molar refractivity (Wildman–Crippen MR) is 82.5 cm³/mol. The lowest BCUT2D eigenvalue weighted by molar-refractivity contribution is -0.122. The van der Waals surface area contributed by atoms with Crippen molar-refractivity contribution >= 4 is 24.3 Å². The zero-order valence-corrected chi connectivity index (χ0v) is 12.9. The lowest BCUT2D eigenvalue weighted by Crippen LogP contribution is -2.39. The molecule has 21 heavy (non-hydrogen) atoms. The molecule has 0 bridgehead atoms. The molecule has 1 heterocycles. The van der Waals surface area contributed by atoms with Crippen LogP contribution in [0.25, 0.3) is 0 Å². The van der Waals surface area contributed by atoms with Crippen LogP contribution in [-0.4, -0.2) is 31.1 Å². The summed E-state index contributed by atoms with van der Waals surface area (Å²) in [4.78, 5) is 23.3. The van der Waals surface area contributed by atoms with Crippen LogP contribution in [0.15, 0.2) is 24.3 Å². The van der Waals surface area contributed by atoms with E-state index in [-0.39, 0.29) is 30.3 Å². The number of nitrogens with one attached hydrogen (secondary N) is 2. The van der Waals surface area contributed by atoms with Gasteiger partial charge in [-0.25, -0.2) is 4.79 Å². The summed E-state index contributed by atoms with van der Waals surface area (Å²) in [6.45, 7) is 3.52. The van der Waals surface area contributed by atoms with Crippen molar-refractivity contribution in [2.24, 2.45) is 0 Å². The van der Waals surface area contributed by atoms with Crippen LogP contribution in [0.4, 0.5) is 0 Å². The molecule has 1 saturated heterocycles. The minimum absolute atomic E-state index is 0. The minimum atomic E-state index is -0.321. The molecule has 0 saturated carbocycles. The first-order valence-corrected chi connectivity index (χ1v) is 6.98. The fourth-order valence-corrected chi connectivity index (χ4v) is 2.19. The van der Waals surface area contributed by atoms with Crippen molar-refractivity contribution < 1.29 is 14.3 Å². The second-order valence-electron chi connectivity index (χ2n) is 4.78. The number of carbonyl (C=O) groups is 2. The molecule has 0 aliphatic carbocycles. The molecular weight excluding hydrogens is 292 g/mol. The second kappa shape index (κ2) is 8.64. The average Bonchev–Trinajstić information content (AvgIpc) is 3.00. The molecule has 2 rings (SSSR count). The number of hydrogen-bond donors (Lipinski definition) is 2. The van der Waals surface area contributed by atoms with Crippen LogP contribution in [0, 0.1) is 0 Å². The van der Waals surface area contributed by atoms with Gasteiger partial charge in [0.2, 0.25) is 5.91 Å². The maximum absolute atomic E-state index is 11.8. The van der Waals surface area contributed by atoms with Crippen molar-refractivity contribution in [3.8, 4) is 0 Å². The molecule has 1 aliphatic rings. The van der Waals surface area contributed by atoms with Crippen molar-refractivity contribution in [2.45, 2.75) is 32.4 Å². The van der Waals surface area contributed by atoms with E-state index in [1.807, 2.05) is 12.1 Å². The first kappa shape index (κ1) is 17.5. The van der Waals surface area contributed by atoms with Crippen LogP contribution in [0.1, 0.15) is 35.7 Å². The Balaban J connectivity index is 0.00000220. The molecule has 1 aliphatic heterocycles. The Morgan fingerprint density at radius 3 is 2.62 bits per heavy atom. The SMILES string of the molecule is CCOC(=O)c1ccc(CNC(=O)C2CCCN2)cc1.Cl. The van der Waals surface area contributed by atoms with Gasteiger partial charge in [0.1, 0.15) is 0 Å². The van der Waals surface area contributed by atoms with Crippen molar-refractivity contribution in [3.63, 3.8) is 0 Å². The molecule has 1 aromatic carbocycles. The fraction of sp³-hybridized carbons (Fsp3) is 0.467. The first-order chi connectivity index (χ1) is 9.70. The maximum atomic E-state index is 11.8. The van der Waals surface area contributed by atoms with E-state index < -0.39 is 0 Å². The Morgan fingerprint density at radius 1 is 1.33 bits per heavy atom. The molecule has 0 radical (unpaired) electrons. The van der Waals surface area contributed by atoms with E-state index in [9.17, 15) is 9.59 Å². The molecule has 1 fully saturated rings. The topological polar surface area (TPSA) is 67.4 Å². The molecular formula is C15H21ClN2O3. The van der Waals surface area contributed by atoms with E-state index in [1.54, 1.807) is 19.1 Å². The van der Waals surface area contributed by atoms with Gasteiger partial charge in [-0.3, -0.25) is 4.79 Å². The Kier molecular flexibility index (Phi) is 7.19. The Morgan fingerprint density at radius 2 is 2.05 bits per heavy atom. The minimum Gasteiger partial charge on any atom is -0.462 e. The number of benzene rings is 1. The van der Waals surface area contributed by atoms with Gasteiger partial charge in [0, 0.05) is 6.54 Å². The quantitative estimate of drug-likeness (QED) is 0.811. The van der Waals surface area contributed by atoms with Gasteiger partial charge < -0.3 is 15.4 Å². The van der Waals surface area contributed by atoms with Crippen LogP contribution in [0.2, 0.25) is 0 Å². The number of rotatable bonds is 5. The number of esters is 1. The largest absolute Gasteiger partial charge is 0.462 e. The highest BCUT2D eigenvalue weighted by Gasteiger charge is 2.21. The lowest BCUT2D eigenvalue weighted by atomic mass is 10.1. The van der Waals surface area contributed by atoms with Crippen molar-refractivity contribution in [3.05, 3.63) is 35.4 Å². The maximum Gasteiger partial charge on any atom is 0.338 e. The van der Waals surface area contributed by atoms with E-state index in [0.29, 0.717) is 18.7 Å². The molecule has 1 atom stereocenters. The summed E-state index contributed by atoms with van der Waals surface area (Å²) in [5, 5.41) is 6.05. The van der Waals surface area contributed by atoms with Gasteiger partial charge in [-0.2, -0.15) is 0 Å². The molecule has 6 heteroatoms. The fourth-order valence-electron chi connectivity index (χ4n) is 2.19. The van der Waals surface area contributed by atoms with Gasteiger partial charge in [0.15, 0.2) is 0 Å². The van der Waals surface area contributed by atoms with E-state index in [4.69, 9.17) is 4.74 Å². The summed E-state index contributed by atoms with van der Waals surface area (Å²) in [7, 11) is 0. The molecule has 1 amide bonds. The smallest absolute Gasteiger partial charge is 0.338 e. The number of ether oxygens (including phenoxy) is 1. The lowest BCUT2D eigenvalue weighted by Gasteiger charge is -2.11.